The molecule has 11 heteroatoms. The second kappa shape index (κ2) is 8.94. The molecule has 1 aliphatic rings. The van der Waals surface area contributed by atoms with Crippen molar-refractivity contribution in [2.24, 2.45) is 16.0 Å². The lowest BCUT2D eigenvalue weighted by atomic mass is 9.89. The predicted molar refractivity (Wildman–Crippen MR) is 92.7 cm³/mol. The van der Waals surface area contributed by atoms with Gasteiger partial charge in [0.1, 0.15) is 0 Å². The molecule has 1 aromatic carbocycles. The normalized spacial score (nSPS) is 28.2. The SMILES string of the molecule is CC(=O)OC1C(O/C(=N/c2ccccc2)C(F)(F)F)OC(C)[C@@H](N=[N+]=[N-])[C@@H]1C. The van der Waals surface area contributed by atoms with Crippen molar-refractivity contribution < 1.29 is 32.2 Å². The summed E-state index contributed by atoms with van der Waals surface area (Å²) in [5.74, 6) is -2.93. The summed E-state index contributed by atoms with van der Waals surface area (Å²) in [6.45, 7) is 4.20. The monoisotopic (exact) mass is 400 g/mol. The predicted octanol–water partition coefficient (Wildman–Crippen LogP) is 4.29. The molecule has 1 aliphatic heterocycles. The zero-order valence-corrected chi connectivity index (χ0v) is 15.3. The van der Waals surface area contributed by atoms with Crippen LogP contribution in [0, 0.1) is 5.92 Å². The van der Waals surface area contributed by atoms with Crippen LogP contribution in [0.2, 0.25) is 0 Å². The highest BCUT2D eigenvalue weighted by Crippen LogP contribution is 2.33. The number of ether oxygens (including phenoxy) is 3. The first-order valence-electron chi connectivity index (χ1n) is 8.38. The van der Waals surface area contributed by atoms with Crippen molar-refractivity contribution >= 4 is 17.6 Å². The molecule has 28 heavy (non-hydrogen) atoms. The van der Waals surface area contributed by atoms with Gasteiger partial charge in [-0.05, 0) is 24.6 Å². The van der Waals surface area contributed by atoms with Gasteiger partial charge in [0, 0.05) is 17.8 Å². The Bertz CT molecular complexity index is 765. The number of hydrogen-bond acceptors (Lipinski definition) is 6. The van der Waals surface area contributed by atoms with Crippen molar-refractivity contribution in [3.8, 4) is 0 Å². The van der Waals surface area contributed by atoms with Gasteiger partial charge in [-0.25, -0.2) is 4.99 Å². The molecule has 1 saturated heterocycles. The average molecular weight is 400 g/mol. The molecule has 0 spiro atoms. The Morgan fingerprint density at radius 1 is 1.21 bits per heavy atom. The fourth-order valence-electron chi connectivity index (χ4n) is 2.83. The van der Waals surface area contributed by atoms with E-state index in [0.717, 1.165) is 6.92 Å². The third-order valence-corrected chi connectivity index (χ3v) is 4.10. The smallest absolute Gasteiger partial charge is 0.456 e. The lowest BCUT2D eigenvalue weighted by Gasteiger charge is -2.42. The molecule has 152 valence electrons. The second-order valence-electron chi connectivity index (χ2n) is 6.21. The Balaban J connectivity index is 2.36. The molecule has 0 amide bonds. The number of nitrogens with zero attached hydrogens (tertiary/aromatic N) is 4. The molecule has 2 rings (SSSR count). The van der Waals surface area contributed by atoms with E-state index in [1.165, 1.54) is 31.2 Å². The molecular formula is C17H19F3N4O4. The maximum atomic E-state index is 13.5. The van der Waals surface area contributed by atoms with Gasteiger partial charge in [-0.1, -0.05) is 30.2 Å². The summed E-state index contributed by atoms with van der Waals surface area (Å²) in [5, 5.41) is 3.59. The van der Waals surface area contributed by atoms with Gasteiger partial charge < -0.3 is 14.2 Å². The summed E-state index contributed by atoms with van der Waals surface area (Å²) in [6, 6.07) is 6.69. The van der Waals surface area contributed by atoms with Crippen LogP contribution >= 0.6 is 0 Å². The van der Waals surface area contributed by atoms with E-state index in [1.807, 2.05) is 0 Å². The van der Waals surface area contributed by atoms with Gasteiger partial charge in [-0.15, -0.1) is 0 Å². The van der Waals surface area contributed by atoms with E-state index in [-0.39, 0.29) is 5.69 Å². The summed E-state index contributed by atoms with van der Waals surface area (Å²) in [7, 11) is 0. The van der Waals surface area contributed by atoms with Crippen LogP contribution in [0.3, 0.4) is 0 Å². The minimum atomic E-state index is -4.91. The highest BCUT2D eigenvalue weighted by molar-refractivity contribution is 5.84. The molecule has 0 aromatic heterocycles. The second-order valence-corrected chi connectivity index (χ2v) is 6.21. The van der Waals surface area contributed by atoms with E-state index in [1.54, 1.807) is 13.0 Å². The van der Waals surface area contributed by atoms with Crippen LogP contribution in [-0.2, 0) is 19.0 Å². The molecule has 0 bridgehead atoms. The maximum absolute atomic E-state index is 13.5. The third-order valence-electron chi connectivity index (χ3n) is 4.10. The van der Waals surface area contributed by atoms with Gasteiger partial charge in [0.25, 0.3) is 5.90 Å². The molecule has 3 unspecified atom stereocenters. The van der Waals surface area contributed by atoms with Gasteiger partial charge in [0.05, 0.1) is 17.8 Å². The van der Waals surface area contributed by atoms with Crippen LogP contribution in [0.1, 0.15) is 20.8 Å². The summed E-state index contributed by atoms with van der Waals surface area (Å²) in [6.07, 6.45) is -8.49. The number of para-hydroxylation sites is 1. The van der Waals surface area contributed by atoms with Crippen molar-refractivity contribution in [2.45, 2.75) is 51.5 Å². The van der Waals surface area contributed by atoms with Gasteiger partial charge in [-0.2, -0.15) is 13.2 Å². The van der Waals surface area contributed by atoms with Crippen molar-refractivity contribution in [2.75, 3.05) is 0 Å². The molecule has 0 radical (unpaired) electrons. The number of azide groups is 1. The van der Waals surface area contributed by atoms with Crippen LogP contribution in [0.5, 0.6) is 0 Å². The van der Waals surface area contributed by atoms with Crippen LogP contribution < -0.4 is 0 Å². The van der Waals surface area contributed by atoms with Crippen molar-refractivity contribution in [1.29, 1.82) is 0 Å². The molecular weight excluding hydrogens is 381 g/mol. The number of carbonyl (C=O) groups is 1. The van der Waals surface area contributed by atoms with Crippen molar-refractivity contribution in [3.05, 3.63) is 40.8 Å². The molecule has 1 aromatic rings. The third kappa shape index (κ3) is 5.37. The molecule has 0 aliphatic carbocycles. The molecule has 5 atom stereocenters. The minimum absolute atomic E-state index is 0.0303. The first-order chi connectivity index (χ1) is 13.1. The van der Waals surface area contributed by atoms with Crippen LogP contribution in [0.4, 0.5) is 18.9 Å². The molecule has 1 fully saturated rings. The largest absolute Gasteiger partial charge is 0.468 e. The van der Waals surface area contributed by atoms with E-state index in [4.69, 9.17) is 19.7 Å². The van der Waals surface area contributed by atoms with Crippen molar-refractivity contribution in [3.63, 3.8) is 0 Å². The Hall–Kier alpha value is -2.78. The van der Waals surface area contributed by atoms with E-state index in [9.17, 15) is 18.0 Å². The Morgan fingerprint density at radius 3 is 2.39 bits per heavy atom. The minimum Gasteiger partial charge on any atom is -0.456 e. The van der Waals surface area contributed by atoms with E-state index < -0.39 is 48.5 Å². The number of alkyl halides is 3. The zero-order chi connectivity index (χ0) is 20.9. The van der Waals surface area contributed by atoms with E-state index >= 15 is 0 Å². The lowest BCUT2D eigenvalue weighted by molar-refractivity contribution is -0.244. The van der Waals surface area contributed by atoms with E-state index in [0.29, 0.717) is 0 Å². The van der Waals surface area contributed by atoms with Crippen molar-refractivity contribution in [1.82, 2.24) is 0 Å². The first-order valence-corrected chi connectivity index (χ1v) is 8.38. The standard InChI is InChI=1S/C17H19F3N4O4/c1-9-13(23-24-21)10(2)26-15(14(9)27-11(3)25)28-16(17(18,19)20)22-12-7-5-4-6-8-12/h4-10,13-15H,1-3H3/b22-16+/t9-,10?,13-,14?,15?/m0/s1. The van der Waals surface area contributed by atoms with Gasteiger partial charge in [-0.3, -0.25) is 4.79 Å². The number of carbonyl (C=O) groups excluding carboxylic acids is 1. The van der Waals surface area contributed by atoms with Gasteiger partial charge in [0.2, 0.25) is 6.29 Å². The zero-order valence-electron chi connectivity index (χ0n) is 15.3. The Labute approximate surface area is 158 Å². The number of rotatable bonds is 4. The van der Waals surface area contributed by atoms with Gasteiger partial charge >= 0.3 is 12.1 Å². The highest BCUT2D eigenvalue weighted by atomic mass is 19.4. The highest BCUT2D eigenvalue weighted by Gasteiger charge is 2.48. The maximum Gasteiger partial charge on any atom is 0.468 e. The first kappa shape index (κ1) is 21.5. The van der Waals surface area contributed by atoms with Crippen LogP contribution in [-0.4, -0.2) is 42.6 Å². The number of hydrogen-bond donors (Lipinski definition) is 0. The summed E-state index contributed by atoms with van der Waals surface area (Å²) >= 11 is 0. The number of esters is 1. The Kier molecular flexibility index (Phi) is 6.87. The Morgan fingerprint density at radius 2 is 1.86 bits per heavy atom. The average Bonchev–Trinajstić information content (AvgIpc) is 2.61. The van der Waals surface area contributed by atoms with E-state index in [2.05, 4.69) is 15.0 Å². The summed E-state index contributed by atoms with van der Waals surface area (Å²) in [5.41, 5.74) is 8.73. The number of halogens is 3. The molecule has 0 N–H and O–H groups in total. The molecule has 8 nitrogen and oxygen atoms in total. The van der Waals surface area contributed by atoms with Crippen LogP contribution in [0.25, 0.3) is 10.4 Å². The lowest BCUT2D eigenvalue weighted by Crippen LogP contribution is -2.55. The molecule has 1 heterocycles. The molecule has 0 saturated carbocycles. The summed E-state index contributed by atoms with van der Waals surface area (Å²) in [4.78, 5) is 17.7. The summed E-state index contributed by atoms with van der Waals surface area (Å²) < 4.78 is 56.0. The topological polar surface area (TPSA) is 106 Å². The number of aliphatic imine (C=N–C) groups is 1. The fraction of sp³-hybridized carbons (Fsp3) is 0.529. The quantitative estimate of drug-likeness (QED) is 0.188. The van der Waals surface area contributed by atoms with Gasteiger partial charge in [0.15, 0.2) is 6.10 Å². The van der Waals surface area contributed by atoms with Crippen LogP contribution in [0.15, 0.2) is 40.4 Å². The fourth-order valence-corrected chi connectivity index (χ4v) is 2.83. The number of benzene rings is 1.